The zero-order chi connectivity index (χ0) is 8.81. The van der Waals surface area contributed by atoms with Crippen molar-refractivity contribution in [3.8, 4) is 0 Å². The van der Waals surface area contributed by atoms with Crippen LogP contribution in [-0.2, 0) is 4.79 Å². The summed E-state index contributed by atoms with van der Waals surface area (Å²) in [5.41, 5.74) is 0. The lowest BCUT2D eigenvalue weighted by Crippen LogP contribution is -1.94. The summed E-state index contributed by atoms with van der Waals surface area (Å²) >= 11 is 0. The molecule has 1 aromatic rings. The minimum Gasteiger partial charge on any atom is -0.481 e. The van der Waals surface area contributed by atoms with Crippen molar-refractivity contribution >= 4 is 5.97 Å². The van der Waals surface area contributed by atoms with Crippen molar-refractivity contribution in [3.63, 3.8) is 0 Å². The van der Waals surface area contributed by atoms with Crippen molar-refractivity contribution in [1.29, 1.82) is 0 Å². The Balaban J connectivity index is 0.000000120. The summed E-state index contributed by atoms with van der Waals surface area (Å²) in [7, 11) is 0. The first-order chi connectivity index (χ1) is 5.80. The molecule has 2 rings (SSSR count). The number of rotatable bonds is 1. The Labute approximate surface area is 70.3 Å². The number of aliphatic carboxylic acids is 1. The highest BCUT2D eigenvalue weighted by Gasteiger charge is 2.28. The van der Waals surface area contributed by atoms with Gasteiger partial charge in [-0.15, -0.1) is 0 Å². The quantitative estimate of drug-likeness (QED) is 0.674. The van der Waals surface area contributed by atoms with E-state index in [1.807, 2.05) is 0 Å². The Morgan fingerprint density at radius 1 is 1.33 bits per heavy atom. The molecule has 0 amide bonds. The Bertz CT molecular complexity index is 207. The Morgan fingerprint density at radius 2 is 1.92 bits per heavy atom. The second-order valence-corrected chi connectivity index (χ2v) is 2.52. The minimum atomic E-state index is -0.630. The molecule has 0 spiro atoms. The molecule has 1 heterocycles. The van der Waals surface area contributed by atoms with Gasteiger partial charge in [0.15, 0.2) is 0 Å². The highest BCUT2D eigenvalue weighted by molar-refractivity contribution is 5.72. The molecule has 0 bridgehead atoms. The van der Waals surface area contributed by atoms with Gasteiger partial charge in [-0.2, -0.15) is 0 Å². The molecule has 0 atom stereocenters. The fourth-order valence-electron chi connectivity index (χ4n) is 0.584. The van der Waals surface area contributed by atoms with Gasteiger partial charge in [-0.3, -0.25) is 4.79 Å². The van der Waals surface area contributed by atoms with Crippen LogP contribution in [0.4, 0.5) is 0 Å². The summed E-state index contributed by atoms with van der Waals surface area (Å²) in [5.74, 6) is -0.611. The number of hydrogen-bond acceptors (Lipinski definition) is 3. The van der Waals surface area contributed by atoms with E-state index in [2.05, 4.69) is 9.97 Å². The highest BCUT2D eigenvalue weighted by Crippen LogP contribution is 2.28. The SMILES string of the molecule is O=C(O)C1CC1.c1cncnc1. The average Bonchev–Trinajstić information content (AvgIpc) is 2.90. The Morgan fingerprint density at radius 3 is 2.00 bits per heavy atom. The molecule has 1 aromatic heterocycles. The second-order valence-electron chi connectivity index (χ2n) is 2.52. The maximum atomic E-state index is 9.76. The third-order valence-corrected chi connectivity index (χ3v) is 1.40. The van der Waals surface area contributed by atoms with Gasteiger partial charge in [-0.25, -0.2) is 9.97 Å². The number of hydrogen-bond donors (Lipinski definition) is 1. The first kappa shape index (κ1) is 8.64. The van der Waals surface area contributed by atoms with Gasteiger partial charge in [-0.05, 0) is 18.9 Å². The van der Waals surface area contributed by atoms with Crippen LogP contribution < -0.4 is 0 Å². The normalized spacial score (nSPS) is 14.3. The van der Waals surface area contributed by atoms with Crippen molar-refractivity contribution in [1.82, 2.24) is 9.97 Å². The molecule has 4 heteroatoms. The zero-order valence-electron chi connectivity index (χ0n) is 6.55. The summed E-state index contributed by atoms with van der Waals surface area (Å²) < 4.78 is 0. The van der Waals surface area contributed by atoms with Crippen molar-refractivity contribution in [3.05, 3.63) is 24.8 Å². The minimum absolute atomic E-state index is 0.0185. The van der Waals surface area contributed by atoms with Gasteiger partial charge in [0.25, 0.3) is 0 Å². The van der Waals surface area contributed by atoms with Gasteiger partial charge in [-0.1, -0.05) is 0 Å². The molecule has 1 N–H and O–H groups in total. The van der Waals surface area contributed by atoms with Gasteiger partial charge in [0.05, 0.1) is 5.92 Å². The first-order valence-electron chi connectivity index (χ1n) is 3.73. The van der Waals surface area contributed by atoms with Crippen molar-refractivity contribution in [2.24, 2.45) is 5.92 Å². The third-order valence-electron chi connectivity index (χ3n) is 1.40. The van der Waals surface area contributed by atoms with Gasteiger partial charge >= 0.3 is 5.97 Å². The van der Waals surface area contributed by atoms with Crippen LogP contribution >= 0.6 is 0 Å². The highest BCUT2D eigenvalue weighted by atomic mass is 16.4. The van der Waals surface area contributed by atoms with Crippen LogP contribution in [-0.4, -0.2) is 21.0 Å². The summed E-state index contributed by atoms with van der Waals surface area (Å²) in [6.45, 7) is 0. The summed E-state index contributed by atoms with van der Waals surface area (Å²) in [6, 6.07) is 1.78. The standard InChI is InChI=1S/C4H4N2.C4H6O2/c1-2-5-4-6-3-1;5-4(6)3-1-2-3/h1-4H;3H,1-2H2,(H,5,6). The third kappa shape index (κ3) is 3.65. The smallest absolute Gasteiger partial charge is 0.306 e. The number of carboxylic acids is 1. The number of carbonyl (C=O) groups is 1. The van der Waals surface area contributed by atoms with Crippen molar-refractivity contribution in [2.75, 3.05) is 0 Å². The molecule has 0 unspecified atom stereocenters. The summed E-state index contributed by atoms with van der Waals surface area (Å²) in [6.07, 6.45) is 6.67. The Hall–Kier alpha value is -1.45. The van der Waals surface area contributed by atoms with E-state index in [1.165, 1.54) is 6.33 Å². The van der Waals surface area contributed by atoms with Gasteiger partial charge in [0.1, 0.15) is 6.33 Å². The largest absolute Gasteiger partial charge is 0.481 e. The zero-order valence-corrected chi connectivity index (χ0v) is 6.55. The van der Waals surface area contributed by atoms with E-state index in [0.29, 0.717) is 0 Å². The molecular weight excluding hydrogens is 156 g/mol. The second kappa shape index (κ2) is 4.43. The van der Waals surface area contributed by atoms with E-state index < -0.39 is 5.97 Å². The van der Waals surface area contributed by atoms with E-state index in [0.717, 1.165) is 12.8 Å². The van der Waals surface area contributed by atoms with Crippen LogP contribution in [0.5, 0.6) is 0 Å². The molecule has 1 fully saturated rings. The van der Waals surface area contributed by atoms with E-state index in [-0.39, 0.29) is 5.92 Å². The lowest BCUT2D eigenvalue weighted by atomic mass is 10.5. The molecule has 0 aromatic carbocycles. The fraction of sp³-hybridized carbons (Fsp3) is 0.375. The molecule has 64 valence electrons. The predicted molar refractivity (Wildman–Crippen MR) is 42.4 cm³/mol. The van der Waals surface area contributed by atoms with Gasteiger partial charge in [0, 0.05) is 12.4 Å². The fourth-order valence-corrected chi connectivity index (χ4v) is 0.584. The average molecular weight is 166 g/mol. The topological polar surface area (TPSA) is 63.1 Å². The summed E-state index contributed by atoms with van der Waals surface area (Å²) in [4.78, 5) is 17.1. The van der Waals surface area contributed by atoms with Crippen LogP contribution in [0.2, 0.25) is 0 Å². The lowest BCUT2D eigenvalue weighted by molar-refractivity contribution is -0.138. The molecule has 1 saturated carbocycles. The molecule has 1 aliphatic rings. The van der Waals surface area contributed by atoms with Gasteiger partial charge < -0.3 is 5.11 Å². The molecule has 0 saturated heterocycles. The van der Waals surface area contributed by atoms with Crippen LogP contribution in [0.15, 0.2) is 24.8 Å². The maximum absolute atomic E-state index is 9.76. The van der Waals surface area contributed by atoms with Crippen molar-refractivity contribution < 1.29 is 9.90 Å². The number of carboxylic acid groups (broad SMARTS) is 1. The van der Waals surface area contributed by atoms with Crippen LogP contribution in [0, 0.1) is 5.92 Å². The monoisotopic (exact) mass is 166 g/mol. The predicted octanol–water partition coefficient (Wildman–Crippen LogP) is 0.958. The number of aromatic nitrogens is 2. The molecular formula is C8H10N2O2. The first-order valence-corrected chi connectivity index (χ1v) is 3.73. The van der Waals surface area contributed by atoms with Crippen LogP contribution in [0.3, 0.4) is 0 Å². The molecule has 0 radical (unpaired) electrons. The molecule has 4 nitrogen and oxygen atoms in total. The van der Waals surface area contributed by atoms with Crippen molar-refractivity contribution in [2.45, 2.75) is 12.8 Å². The molecule has 1 aliphatic carbocycles. The van der Waals surface area contributed by atoms with E-state index >= 15 is 0 Å². The molecule has 0 aliphatic heterocycles. The van der Waals surface area contributed by atoms with E-state index in [1.54, 1.807) is 18.5 Å². The van der Waals surface area contributed by atoms with Crippen LogP contribution in [0.25, 0.3) is 0 Å². The maximum Gasteiger partial charge on any atom is 0.306 e. The molecule has 12 heavy (non-hydrogen) atoms. The number of nitrogens with zero attached hydrogens (tertiary/aromatic N) is 2. The van der Waals surface area contributed by atoms with Gasteiger partial charge in [0.2, 0.25) is 0 Å². The van der Waals surface area contributed by atoms with E-state index in [4.69, 9.17) is 5.11 Å². The van der Waals surface area contributed by atoms with E-state index in [9.17, 15) is 4.79 Å². The Kier molecular flexibility index (Phi) is 3.19. The lowest BCUT2D eigenvalue weighted by Gasteiger charge is -1.75. The summed E-state index contributed by atoms with van der Waals surface area (Å²) in [5, 5.41) is 8.05. The van der Waals surface area contributed by atoms with Crippen LogP contribution in [0.1, 0.15) is 12.8 Å².